The molecule has 1 aliphatic heterocycles. The second kappa shape index (κ2) is 11.5. The number of amides is 1. The van der Waals surface area contributed by atoms with E-state index in [0.29, 0.717) is 6.54 Å². The number of hydrogen-bond acceptors (Lipinski definition) is 3. The number of halogens is 2. The molecule has 140 valence electrons. The molecule has 0 atom stereocenters. The number of nitrogens with one attached hydrogen (secondary N) is 2. The van der Waals surface area contributed by atoms with Crippen LogP contribution in [0.3, 0.4) is 0 Å². The van der Waals surface area contributed by atoms with Crippen LogP contribution in [0.1, 0.15) is 12.5 Å². The summed E-state index contributed by atoms with van der Waals surface area (Å²) in [6.07, 6.45) is 0. The van der Waals surface area contributed by atoms with Gasteiger partial charge in [-0.1, -0.05) is 23.7 Å². The lowest BCUT2D eigenvalue weighted by Crippen LogP contribution is -2.50. The van der Waals surface area contributed by atoms with Gasteiger partial charge in [-0.25, -0.2) is 0 Å². The van der Waals surface area contributed by atoms with Gasteiger partial charge in [0, 0.05) is 64.8 Å². The van der Waals surface area contributed by atoms with Crippen LogP contribution < -0.4 is 10.6 Å². The van der Waals surface area contributed by atoms with E-state index >= 15 is 0 Å². The Hall–Kier alpha value is -1.06. The van der Waals surface area contributed by atoms with E-state index in [-0.39, 0.29) is 29.9 Å². The van der Waals surface area contributed by atoms with Crippen LogP contribution >= 0.6 is 35.6 Å². The van der Waals surface area contributed by atoms with Gasteiger partial charge in [-0.15, -0.1) is 24.0 Å². The van der Waals surface area contributed by atoms with Crippen molar-refractivity contribution < 1.29 is 4.79 Å². The highest BCUT2D eigenvalue weighted by atomic mass is 127. The predicted octanol–water partition coefficient (Wildman–Crippen LogP) is 1.79. The molecule has 2 N–H and O–H groups in total. The predicted molar refractivity (Wildman–Crippen MR) is 114 cm³/mol. The summed E-state index contributed by atoms with van der Waals surface area (Å²) in [5, 5.41) is 7.35. The van der Waals surface area contributed by atoms with Crippen LogP contribution in [0.4, 0.5) is 0 Å². The molecule has 0 unspecified atom stereocenters. The molecule has 0 saturated carbocycles. The van der Waals surface area contributed by atoms with Gasteiger partial charge in [-0.2, -0.15) is 0 Å². The molecular formula is C17H27ClIN5O. The average Bonchev–Trinajstić information content (AvgIpc) is 2.59. The SMILES string of the molecule is CN=C(NCCN1CCN(C(C)=O)CC1)NCc1ccc(Cl)cc1.I. The first-order chi connectivity index (χ1) is 11.6. The highest BCUT2D eigenvalue weighted by Gasteiger charge is 2.17. The van der Waals surface area contributed by atoms with Gasteiger partial charge in [-0.05, 0) is 17.7 Å². The molecule has 1 aliphatic rings. The second-order valence-electron chi connectivity index (χ2n) is 5.83. The maximum atomic E-state index is 11.3. The first-order valence-corrected chi connectivity index (χ1v) is 8.63. The Bertz CT molecular complexity index is 559. The fraction of sp³-hybridized carbons (Fsp3) is 0.529. The van der Waals surface area contributed by atoms with Crippen molar-refractivity contribution >= 4 is 47.4 Å². The fourth-order valence-corrected chi connectivity index (χ4v) is 2.75. The van der Waals surface area contributed by atoms with Crippen LogP contribution in [0.2, 0.25) is 5.02 Å². The number of carbonyl (C=O) groups excluding carboxylic acids is 1. The first kappa shape index (κ1) is 22.0. The van der Waals surface area contributed by atoms with Crippen molar-refractivity contribution in [2.24, 2.45) is 4.99 Å². The molecule has 1 heterocycles. The molecule has 1 aromatic carbocycles. The Morgan fingerprint density at radius 3 is 2.36 bits per heavy atom. The van der Waals surface area contributed by atoms with E-state index in [9.17, 15) is 4.79 Å². The zero-order valence-corrected chi connectivity index (χ0v) is 17.9. The highest BCUT2D eigenvalue weighted by Crippen LogP contribution is 2.09. The Labute approximate surface area is 172 Å². The smallest absolute Gasteiger partial charge is 0.219 e. The van der Waals surface area contributed by atoms with Gasteiger partial charge in [0.25, 0.3) is 0 Å². The first-order valence-electron chi connectivity index (χ1n) is 8.25. The molecule has 2 rings (SSSR count). The molecule has 0 aromatic heterocycles. The van der Waals surface area contributed by atoms with Crippen LogP contribution in [0.25, 0.3) is 0 Å². The van der Waals surface area contributed by atoms with Gasteiger partial charge < -0.3 is 15.5 Å². The minimum Gasteiger partial charge on any atom is -0.355 e. The van der Waals surface area contributed by atoms with Crippen molar-refractivity contribution in [1.82, 2.24) is 20.4 Å². The molecule has 6 nitrogen and oxygen atoms in total. The van der Waals surface area contributed by atoms with Gasteiger partial charge in [0.05, 0.1) is 0 Å². The molecule has 0 radical (unpaired) electrons. The minimum absolute atomic E-state index is 0. The number of piperazine rings is 1. The zero-order chi connectivity index (χ0) is 17.4. The van der Waals surface area contributed by atoms with Gasteiger partial charge in [-0.3, -0.25) is 14.7 Å². The van der Waals surface area contributed by atoms with Crippen molar-refractivity contribution in [2.75, 3.05) is 46.3 Å². The third-order valence-corrected chi connectivity index (χ3v) is 4.39. The minimum atomic E-state index is 0. The Morgan fingerprint density at radius 2 is 1.80 bits per heavy atom. The van der Waals surface area contributed by atoms with E-state index < -0.39 is 0 Å². The standard InChI is InChI=1S/C17H26ClN5O.HI/c1-14(24)23-11-9-22(10-12-23)8-7-20-17(19-2)21-13-15-3-5-16(18)6-4-15;/h3-6H,7-13H2,1-2H3,(H2,19,20,21);1H. The van der Waals surface area contributed by atoms with Crippen LogP contribution in [0.5, 0.6) is 0 Å². The molecule has 0 aliphatic carbocycles. The lowest BCUT2D eigenvalue weighted by Gasteiger charge is -2.34. The van der Waals surface area contributed by atoms with Crippen LogP contribution in [0, 0.1) is 0 Å². The van der Waals surface area contributed by atoms with E-state index in [1.54, 1.807) is 14.0 Å². The normalized spacial score (nSPS) is 15.5. The van der Waals surface area contributed by atoms with E-state index in [1.165, 1.54) is 0 Å². The summed E-state index contributed by atoms with van der Waals surface area (Å²) in [6.45, 7) is 7.59. The lowest BCUT2D eigenvalue weighted by atomic mass is 10.2. The fourth-order valence-electron chi connectivity index (χ4n) is 2.63. The number of guanidine groups is 1. The van der Waals surface area contributed by atoms with Gasteiger partial charge >= 0.3 is 0 Å². The molecule has 1 amide bonds. The van der Waals surface area contributed by atoms with Crippen LogP contribution in [0.15, 0.2) is 29.3 Å². The highest BCUT2D eigenvalue weighted by molar-refractivity contribution is 14.0. The number of aliphatic imine (C=N–C) groups is 1. The summed E-state index contributed by atoms with van der Waals surface area (Å²) in [5.74, 6) is 0.951. The summed E-state index contributed by atoms with van der Waals surface area (Å²) in [6, 6.07) is 7.76. The van der Waals surface area contributed by atoms with Crippen molar-refractivity contribution in [3.05, 3.63) is 34.9 Å². The van der Waals surface area contributed by atoms with Crippen molar-refractivity contribution in [1.29, 1.82) is 0 Å². The molecule has 8 heteroatoms. The monoisotopic (exact) mass is 479 g/mol. The van der Waals surface area contributed by atoms with E-state index in [4.69, 9.17) is 11.6 Å². The lowest BCUT2D eigenvalue weighted by molar-refractivity contribution is -0.130. The van der Waals surface area contributed by atoms with E-state index in [0.717, 1.165) is 55.8 Å². The maximum absolute atomic E-state index is 11.3. The zero-order valence-electron chi connectivity index (χ0n) is 14.8. The average molecular weight is 480 g/mol. The Morgan fingerprint density at radius 1 is 1.16 bits per heavy atom. The number of hydrogen-bond donors (Lipinski definition) is 2. The summed E-state index contributed by atoms with van der Waals surface area (Å²) in [4.78, 5) is 19.8. The Kier molecular flexibility index (Phi) is 10.1. The van der Waals surface area contributed by atoms with Gasteiger partial charge in [0.2, 0.25) is 5.91 Å². The van der Waals surface area contributed by atoms with E-state index in [1.807, 2.05) is 29.2 Å². The van der Waals surface area contributed by atoms with E-state index in [2.05, 4.69) is 20.5 Å². The van der Waals surface area contributed by atoms with Gasteiger partial charge in [0.15, 0.2) is 5.96 Å². The summed E-state index contributed by atoms with van der Waals surface area (Å²) < 4.78 is 0. The molecule has 25 heavy (non-hydrogen) atoms. The largest absolute Gasteiger partial charge is 0.355 e. The van der Waals surface area contributed by atoms with Crippen molar-refractivity contribution in [3.63, 3.8) is 0 Å². The molecule has 0 spiro atoms. The quantitative estimate of drug-likeness (QED) is 0.384. The maximum Gasteiger partial charge on any atom is 0.219 e. The number of rotatable bonds is 5. The number of nitrogens with zero attached hydrogens (tertiary/aromatic N) is 3. The molecular weight excluding hydrogens is 453 g/mol. The molecule has 1 fully saturated rings. The van der Waals surface area contributed by atoms with Crippen LogP contribution in [-0.2, 0) is 11.3 Å². The molecule has 0 bridgehead atoms. The molecule has 1 saturated heterocycles. The summed E-state index contributed by atoms with van der Waals surface area (Å²) in [7, 11) is 1.77. The number of carbonyl (C=O) groups is 1. The van der Waals surface area contributed by atoms with Crippen molar-refractivity contribution in [2.45, 2.75) is 13.5 Å². The molecule has 1 aromatic rings. The van der Waals surface area contributed by atoms with Crippen molar-refractivity contribution in [3.8, 4) is 0 Å². The summed E-state index contributed by atoms with van der Waals surface area (Å²) >= 11 is 5.89. The summed E-state index contributed by atoms with van der Waals surface area (Å²) in [5.41, 5.74) is 1.16. The second-order valence-corrected chi connectivity index (χ2v) is 6.26. The Balaban J connectivity index is 0.00000312. The van der Waals surface area contributed by atoms with Gasteiger partial charge in [0.1, 0.15) is 0 Å². The third kappa shape index (κ3) is 7.79. The topological polar surface area (TPSA) is 60.0 Å². The number of benzene rings is 1. The third-order valence-electron chi connectivity index (χ3n) is 4.13. The van der Waals surface area contributed by atoms with Crippen LogP contribution in [-0.4, -0.2) is 68.0 Å².